The monoisotopic (exact) mass is 589 g/mol. The van der Waals surface area contributed by atoms with Crippen LogP contribution in [0.2, 0.25) is 0 Å². The predicted molar refractivity (Wildman–Crippen MR) is 156 cm³/mol. The number of anilines is 2. The second kappa shape index (κ2) is 11.5. The summed E-state index contributed by atoms with van der Waals surface area (Å²) in [4.78, 5) is 34.0. The summed E-state index contributed by atoms with van der Waals surface area (Å²) in [5.41, 5.74) is 8.95. The number of nitrogens with one attached hydrogen (secondary N) is 2. The van der Waals surface area contributed by atoms with E-state index in [-0.39, 0.29) is 29.2 Å². The number of aromatic nitrogens is 4. The van der Waals surface area contributed by atoms with Crippen LogP contribution in [0.1, 0.15) is 59.6 Å². The molecular formula is C31H30F3N7O2. The molecule has 6 rings (SSSR count). The molecule has 1 aromatic carbocycles. The largest absolute Gasteiger partial charge is 0.416 e. The summed E-state index contributed by atoms with van der Waals surface area (Å²) in [6.07, 6.45) is 6.98. The number of pyridine rings is 2. The quantitative estimate of drug-likeness (QED) is 0.263. The van der Waals surface area contributed by atoms with Crippen LogP contribution in [0.25, 0.3) is 22.2 Å². The van der Waals surface area contributed by atoms with E-state index >= 15 is 0 Å². The van der Waals surface area contributed by atoms with Crippen LogP contribution in [0, 0.1) is 5.92 Å². The number of nitrogens with zero attached hydrogens (tertiary/aromatic N) is 4. The van der Waals surface area contributed by atoms with E-state index < -0.39 is 17.6 Å². The lowest BCUT2D eigenvalue weighted by Gasteiger charge is -2.29. The Labute approximate surface area is 245 Å². The third-order valence-electron chi connectivity index (χ3n) is 8.06. The second-order valence-corrected chi connectivity index (χ2v) is 10.9. The highest BCUT2D eigenvalue weighted by atomic mass is 19.4. The third kappa shape index (κ3) is 5.81. The van der Waals surface area contributed by atoms with Crippen molar-refractivity contribution < 1.29 is 22.8 Å². The molecule has 1 saturated carbocycles. The van der Waals surface area contributed by atoms with Gasteiger partial charge in [-0.1, -0.05) is 30.7 Å². The smallest absolute Gasteiger partial charge is 0.383 e. The van der Waals surface area contributed by atoms with Crippen molar-refractivity contribution in [2.75, 3.05) is 17.6 Å². The molecule has 0 unspecified atom stereocenters. The average Bonchev–Trinajstić information content (AvgIpc) is 3.41. The average molecular weight is 590 g/mol. The fourth-order valence-corrected chi connectivity index (χ4v) is 5.89. The number of carbonyl (C=O) groups is 2. The third-order valence-corrected chi connectivity index (χ3v) is 8.06. The first-order chi connectivity index (χ1) is 20.7. The Balaban J connectivity index is 1.36. The SMILES string of the molecule is Nc1ncc2c3c1c(-c1ccc(C(=O)Nc4cc(C(F)(F)F)ccn4)cc1)nn3[C@@H]1CCC[C@H](C1)C(=O)NCC/C=C\C2. The first kappa shape index (κ1) is 28.4. The molecule has 4 aromatic rings. The molecule has 1 aliphatic carbocycles. The maximum absolute atomic E-state index is 13.1. The van der Waals surface area contributed by atoms with Gasteiger partial charge in [0.15, 0.2) is 0 Å². The van der Waals surface area contributed by atoms with Gasteiger partial charge < -0.3 is 16.4 Å². The fourth-order valence-electron chi connectivity index (χ4n) is 5.89. The maximum atomic E-state index is 13.1. The van der Waals surface area contributed by atoms with Crippen LogP contribution in [0.15, 0.2) is 60.9 Å². The van der Waals surface area contributed by atoms with Gasteiger partial charge in [0.2, 0.25) is 5.91 Å². The molecule has 2 amide bonds. The molecule has 3 aromatic heterocycles. The first-order valence-electron chi connectivity index (χ1n) is 14.2. The fraction of sp³-hybridized carbons (Fsp3) is 0.323. The molecule has 1 fully saturated rings. The molecular weight excluding hydrogens is 559 g/mol. The van der Waals surface area contributed by atoms with Crippen molar-refractivity contribution in [3.63, 3.8) is 0 Å². The molecule has 0 spiro atoms. The summed E-state index contributed by atoms with van der Waals surface area (Å²) in [5, 5.41) is 11.2. The van der Waals surface area contributed by atoms with Gasteiger partial charge in [0, 0.05) is 41.5 Å². The molecule has 2 atom stereocenters. The van der Waals surface area contributed by atoms with Crippen molar-refractivity contribution in [2.45, 2.75) is 50.7 Å². The Bertz CT molecular complexity index is 1710. The number of hydrogen-bond acceptors (Lipinski definition) is 6. The van der Waals surface area contributed by atoms with E-state index in [1.165, 1.54) is 0 Å². The van der Waals surface area contributed by atoms with E-state index in [0.29, 0.717) is 41.8 Å². The highest BCUT2D eigenvalue weighted by Crippen LogP contribution is 2.40. The minimum Gasteiger partial charge on any atom is -0.383 e. The number of halogens is 3. The summed E-state index contributed by atoms with van der Waals surface area (Å²) >= 11 is 0. The Hall–Kier alpha value is -4.74. The lowest BCUT2D eigenvalue weighted by atomic mass is 9.85. The summed E-state index contributed by atoms with van der Waals surface area (Å²) in [6, 6.07) is 8.22. The number of allylic oxidation sites excluding steroid dienone is 1. The highest BCUT2D eigenvalue weighted by molar-refractivity contribution is 6.05. The number of benzene rings is 1. The Morgan fingerprint density at radius 3 is 2.70 bits per heavy atom. The molecule has 1 aliphatic heterocycles. The van der Waals surface area contributed by atoms with Gasteiger partial charge >= 0.3 is 6.18 Å². The van der Waals surface area contributed by atoms with Crippen molar-refractivity contribution in [2.24, 2.45) is 5.92 Å². The zero-order chi connectivity index (χ0) is 30.1. The summed E-state index contributed by atoms with van der Waals surface area (Å²) in [6.45, 7) is 0.602. The lowest BCUT2D eigenvalue weighted by molar-refractivity contribution is -0.137. The van der Waals surface area contributed by atoms with E-state index in [0.717, 1.165) is 55.1 Å². The van der Waals surface area contributed by atoms with Crippen molar-refractivity contribution >= 4 is 34.4 Å². The number of nitrogen functional groups attached to an aromatic ring is 1. The second-order valence-electron chi connectivity index (χ2n) is 10.9. The molecule has 9 nitrogen and oxygen atoms in total. The predicted octanol–water partition coefficient (Wildman–Crippen LogP) is 5.70. The molecule has 12 heteroatoms. The number of hydrogen-bond donors (Lipinski definition) is 3. The van der Waals surface area contributed by atoms with E-state index in [2.05, 4.69) is 26.7 Å². The van der Waals surface area contributed by atoms with Gasteiger partial charge in [-0.05, 0) is 56.4 Å². The number of alkyl halides is 3. The van der Waals surface area contributed by atoms with Gasteiger partial charge in [0.05, 0.1) is 22.5 Å². The molecule has 43 heavy (non-hydrogen) atoms. The van der Waals surface area contributed by atoms with Crippen LogP contribution in [0.5, 0.6) is 0 Å². The molecule has 0 radical (unpaired) electrons. The molecule has 222 valence electrons. The molecule has 2 bridgehead atoms. The van der Waals surface area contributed by atoms with Crippen LogP contribution in [0.3, 0.4) is 0 Å². The van der Waals surface area contributed by atoms with Gasteiger partial charge in [0.1, 0.15) is 17.3 Å². The van der Waals surface area contributed by atoms with Crippen LogP contribution < -0.4 is 16.4 Å². The maximum Gasteiger partial charge on any atom is 0.416 e. The van der Waals surface area contributed by atoms with Crippen LogP contribution in [0.4, 0.5) is 24.8 Å². The summed E-state index contributed by atoms with van der Waals surface area (Å²) in [7, 11) is 0. The first-order valence-corrected chi connectivity index (χ1v) is 14.2. The van der Waals surface area contributed by atoms with Crippen molar-refractivity contribution in [1.29, 1.82) is 0 Å². The van der Waals surface area contributed by atoms with E-state index in [4.69, 9.17) is 10.8 Å². The molecule has 2 aliphatic rings. The Kier molecular flexibility index (Phi) is 7.59. The van der Waals surface area contributed by atoms with Gasteiger partial charge in [-0.2, -0.15) is 18.3 Å². The minimum absolute atomic E-state index is 0.00366. The molecule has 4 N–H and O–H groups in total. The number of carbonyl (C=O) groups excluding carboxylic acids is 2. The van der Waals surface area contributed by atoms with Gasteiger partial charge in [-0.3, -0.25) is 14.3 Å². The normalized spacial score (nSPS) is 19.9. The number of fused-ring (bicyclic) bond motifs is 3. The van der Waals surface area contributed by atoms with Crippen molar-refractivity contribution in [3.8, 4) is 11.3 Å². The Morgan fingerprint density at radius 1 is 1.09 bits per heavy atom. The summed E-state index contributed by atoms with van der Waals surface area (Å²) in [5.74, 6) is -0.497. The summed E-state index contributed by atoms with van der Waals surface area (Å²) < 4.78 is 41.2. The van der Waals surface area contributed by atoms with Crippen LogP contribution in [-0.4, -0.2) is 38.1 Å². The lowest BCUT2D eigenvalue weighted by Crippen LogP contribution is -2.35. The minimum atomic E-state index is -4.55. The highest BCUT2D eigenvalue weighted by Gasteiger charge is 2.32. The zero-order valence-corrected chi connectivity index (χ0v) is 23.2. The van der Waals surface area contributed by atoms with Gasteiger partial charge in [0.25, 0.3) is 5.91 Å². The van der Waals surface area contributed by atoms with E-state index in [1.807, 2.05) is 10.8 Å². The van der Waals surface area contributed by atoms with E-state index in [9.17, 15) is 22.8 Å². The van der Waals surface area contributed by atoms with Crippen molar-refractivity contribution in [1.82, 2.24) is 25.1 Å². The molecule has 0 saturated heterocycles. The topological polar surface area (TPSA) is 128 Å². The van der Waals surface area contributed by atoms with E-state index in [1.54, 1.807) is 30.5 Å². The van der Waals surface area contributed by atoms with Gasteiger partial charge in [-0.15, -0.1) is 0 Å². The number of amides is 2. The number of rotatable bonds is 3. The van der Waals surface area contributed by atoms with Gasteiger partial charge in [-0.25, -0.2) is 9.97 Å². The molecule has 4 heterocycles. The zero-order valence-electron chi connectivity index (χ0n) is 23.2. The van der Waals surface area contributed by atoms with Crippen LogP contribution >= 0.6 is 0 Å². The van der Waals surface area contributed by atoms with Crippen LogP contribution in [-0.2, 0) is 17.4 Å². The Morgan fingerprint density at radius 2 is 1.91 bits per heavy atom. The van der Waals surface area contributed by atoms with Crippen molar-refractivity contribution in [3.05, 3.63) is 77.6 Å². The number of nitrogens with two attached hydrogens (primary N) is 1. The standard InChI is InChI=1S/C31H30F3N7O2/c32-31(33,34)22-12-14-36-24(16-22)39-30(43)19-10-8-18(9-11-19)26-25-27-21(17-38-28(25)35)5-2-1-3-13-37-29(42)20-6-4-7-23(15-20)41(27)40-26/h1-2,8-12,14,16-17,20,23H,3-7,13,15H2,(H2,35,38)(H,37,42)(H,36,39,43)/b2-1-/t20-,23-/m1/s1.